The molecule has 6 heteroatoms. The summed E-state index contributed by atoms with van der Waals surface area (Å²) in [6, 6.07) is -0.424. The molecular formula is C10H20N2O4. The van der Waals surface area contributed by atoms with E-state index in [2.05, 4.69) is 5.32 Å². The van der Waals surface area contributed by atoms with Crippen molar-refractivity contribution in [3.05, 3.63) is 0 Å². The van der Waals surface area contributed by atoms with Gasteiger partial charge in [-0.3, -0.25) is 0 Å². The highest BCUT2D eigenvalue weighted by Crippen LogP contribution is 2.11. The summed E-state index contributed by atoms with van der Waals surface area (Å²) in [5, 5.41) is 11.5. The highest BCUT2D eigenvalue weighted by molar-refractivity contribution is 5.85. The minimum atomic E-state index is -1.23. The summed E-state index contributed by atoms with van der Waals surface area (Å²) in [6.07, 6.45) is 0. The Morgan fingerprint density at radius 2 is 2.00 bits per heavy atom. The van der Waals surface area contributed by atoms with Crippen molar-refractivity contribution in [1.82, 2.24) is 10.2 Å². The van der Waals surface area contributed by atoms with E-state index in [0.29, 0.717) is 19.8 Å². The van der Waals surface area contributed by atoms with Crippen LogP contribution in [-0.4, -0.2) is 54.4 Å². The molecule has 0 unspecified atom stereocenters. The number of likely N-dealkylation sites (N-methyl/N-ethyl adjacent to an activating group) is 1. The zero-order valence-corrected chi connectivity index (χ0v) is 10.2. The Morgan fingerprint density at radius 3 is 2.44 bits per heavy atom. The van der Waals surface area contributed by atoms with Crippen LogP contribution in [-0.2, 0) is 9.53 Å². The van der Waals surface area contributed by atoms with E-state index >= 15 is 0 Å². The molecule has 0 aromatic heterocycles. The number of hydrogen-bond donors (Lipinski definition) is 2. The van der Waals surface area contributed by atoms with Gasteiger partial charge < -0.3 is 20.1 Å². The van der Waals surface area contributed by atoms with Crippen LogP contribution in [0.4, 0.5) is 4.79 Å². The maximum Gasteiger partial charge on any atom is 0.329 e. The quantitative estimate of drug-likeness (QED) is 0.655. The molecule has 0 bridgehead atoms. The largest absolute Gasteiger partial charge is 0.480 e. The van der Waals surface area contributed by atoms with Crippen molar-refractivity contribution in [2.75, 3.05) is 26.8 Å². The second-order valence-corrected chi connectivity index (χ2v) is 3.85. The Labute approximate surface area is 95.6 Å². The molecule has 0 heterocycles. The van der Waals surface area contributed by atoms with Gasteiger partial charge in [0, 0.05) is 20.2 Å². The summed E-state index contributed by atoms with van der Waals surface area (Å²) in [7, 11) is 1.45. The van der Waals surface area contributed by atoms with Gasteiger partial charge in [-0.15, -0.1) is 0 Å². The van der Waals surface area contributed by atoms with Crippen molar-refractivity contribution in [2.45, 2.75) is 26.3 Å². The molecule has 0 aliphatic rings. The minimum Gasteiger partial charge on any atom is -0.480 e. The number of carboxylic acids is 1. The van der Waals surface area contributed by atoms with Crippen LogP contribution in [0.3, 0.4) is 0 Å². The zero-order chi connectivity index (χ0) is 12.8. The number of rotatable bonds is 6. The number of nitrogens with zero attached hydrogens (tertiary/aromatic N) is 1. The van der Waals surface area contributed by atoms with Gasteiger partial charge >= 0.3 is 12.0 Å². The Kier molecular flexibility index (Phi) is 5.81. The van der Waals surface area contributed by atoms with Crippen LogP contribution in [0.5, 0.6) is 0 Å². The molecule has 6 nitrogen and oxygen atoms in total. The molecule has 0 aliphatic heterocycles. The topological polar surface area (TPSA) is 78.9 Å². The van der Waals surface area contributed by atoms with Gasteiger partial charge in [-0.05, 0) is 20.8 Å². The van der Waals surface area contributed by atoms with Gasteiger partial charge in [0.2, 0.25) is 0 Å². The van der Waals surface area contributed by atoms with E-state index in [1.807, 2.05) is 6.92 Å². The molecule has 0 spiro atoms. The van der Waals surface area contributed by atoms with E-state index in [-0.39, 0.29) is 0 Å². The van der Waals surface area contributed by atoms with Crippen molar-refractivity contribution in [3.63, 3.8) is 0 Å². The van der Waals surface area contributed by atoms with Gasteiger partial charge in [0.25, 0.3) is 0 Å². The second-order valence-electron chi connectivity index (χ2n) is 3.85. The number of urea groups is 1. The fourth-order valence-corrected chi connectivity index (χ4v) is 0.890. The first kappa shape index (κ1) is 14.7. The first-order valence-corrected chi connectivity index (χ1v) is 5.16. The molecule has 16 heavy (non-hydrogen) atoms. The minimum absolute atomic E-state index is 0.368. The molecule has 0 rings (SSSR count). The van der Waals surface area contributed by atoms with E-state index in [1.54, 1.807) is 0 Å². The van der Waals surface area contributed by atoms with Crippen LogP contribution in [0.1, 0.15) is 20.8 Å². The molecule has 0 fully saturated rings. The second kappa shape index (κ2) is 6.32. The fourth-order valence-electron chi connectivity index (χ4n) is 0.890. The normalized spacial score (nSPS) is 11.0. The molecule has 2 amide bonds. The van der Waals surface area contributed by atoms with E-state index in [1.165, 1.54) is 20.9 Å². The number of carbonyl (C=O) groups excluding carboxylic acids is 1. The third-order valence-corrected chi connectivity index (χ3v) is 2.39. The molecule has 0 atom stereocenters. The number of aliphatic carboxylic acids is 1. The lowest BCUT2D eigenvalue weighted by atomic mass is 10.1. The summed E-state index contributed by atoms with van der Waals surface area (Å²) in [5.41, 5.74) is -1.23. The first-order valence-electron chi connectivity index (χ1n) is 5.16. The van der Waals surface area contributed by atoms with Crippen LogP contribution >= 0.6 is 0 Å². The summed E-state index contributed by atoms with van der Waals surface area (Å²) in [5.74, 6) is -1.05. The molecule has 0 saturated carbocycles. The summed E-state index contributed by atoms with van der Waals surface area (Å²) >= 11 is 0. The van der Waals surface area contributed by atoms with Crippen LogP contribution < -0.4 is 5.32 Å². The molecule has 0 radical (unpaired) electrons. The van der Waals surface area contributed by atoms with E-state index in [0.717, 1.165) is 4.90 Å². The van der Waals surface area contributed by atoms with Crippen molar-refractivity contribution in [3.8, 4) is 0 Å². The van der Waals surface area contributed by atoms with Crippen molar-refractivity contribution >= 4 is 12.0 Å². The molecule has 0 saturated heterocycles. The number of amides is 2. The third kappa shape index (κ3) is 4.06. The van der Waals surface area contributed by atoms with Crippen molar-refractivity contribution in [2.24, 2.45) is 0 Å². The Bertz CT molecular complexity index is 253. The van der Waals surface area contributed by atoms with Gasteiger partial charge in [-0.2, -0.15) is 0 Å². The number of carboxylic acid groups (broad SMARTS) is 1. The highest BCUT2D eigenvalue weighted by Gasteiger charge is 2.34. The molecule has 0 aromatic carbocycles. The summed E-state index contributed by atoms with van der Waals surface area (Å²) in [6.45, 7) is 6.18. The molecule has 2 N–H and O–H groups in total. The van der Waals surface area contributed by atoms with E-state index in [4.69, 9.17) is 9.84 Å². The molecule has 0 aliphatic carbocycles. The molecule has 0 aromatic rings. The highest BCUT2D eigenvalue weighted by atomic mass is 16.5. The number of carbonyl (C=O) groups is 2. The summed E-state index contributed by atoms with van der Waals surface area (Å²) < 4.78 is 5.05. The smallest absolute Gasteiger partial charge is 0.329 e. The monoisotopic (exact) mass is 232 g/mol. The van der Waals surface area contributed by atoms with Gasteiger partial charge in [0.05, 0.1) is 6.61 Å². The maximum atomic E-state index is 11.6. The predicted octanol–water partition coefficient (Wildman–Crippen LogP) is 0.527. The molecular weight excluding hydrogens is 212 g/mol. The van der Waals surface area contributed by atoms with E-state index in [9.17, 15) is 9.59 Å². The lowest BCUT2D eigenvalue weighted by Gasteiger charge is -2.31. The number of ether oxygens (including phenoxy) is 1. The van der Waals surface area contributed by atoms with E-state index < -0.39 is 17.5 Å². The number of hydrogen-bond acceptors (Lipinski definition) is 3. The standard InChI is InChI=1S/C10H20N2O4/c1-5-16-7-6-11-9(15)12(4)10(2,3)8(13)14/h5-7H2,1-4H3,(H,11,15)(H,13,14). The maximum absolute atomic E-state index is 11.6. The summed E-state index contributed by atoms with van der Waals surface area (Å²) in [4.78, 5) is 23.6. The van der Waals surface area contributed by atoms with Crippen LogP contribution in [0.15, 0.2) is 0 Å². The molecule has 94 valence electrons. The average molecular weight is 232 g/mol. The third-order valence-electron chi connectivity index (χ3n) is 2.39. The lowest BCUT2D eigenvalue weighted by molar-refractivity contribution is -0.146. The number of nitrogens with one attached hydrogen (secondary N) is 1. The Hall–Kier alpha value is -1.30. The van der Waals surface area contributed by atoms with Gasteiger partial charge in [-0.25, -0.2) is 9.59 Å². The van der Waals surface area contributed by atoms with Crippen LogP contribution in [0.2, 0.25) is 0 Å². The van der Waals surface area contributed by atoms with Crippen molar-refractivity contribution in [1.29, 1.82) is 0 Å². The van der Waals surface area contributed by atoms with Gasteiger partial charge in [-0.1, -0.05) is 0 Å². The first-order chi connectivity index (χ1) is 7.34. The fraction of sp³-hybridized carbons (Fsp3) is 0.800. The van der Waals surface area contributed by atoms with Crippen molar-refractivity contribution < 1.29 is 19.4 Å². The average Bonchev–Trinajstić information content (AvgIpc) is 2.22. The predicted molar refractivity (Wildman–Crippen MR) is 59.4 cm³/mol. The Morgan fingerprint density at radius 1 is 1.44 bits per heavy atom. The van der Waals surface area contributed by atoms with Gasteiger partial charge in [0.15, 0.2) is 0 Å². The van der Waals surface area contributed by atoms with Crippen LogP contribution in [0, 0.1) is 0 Å². The van der Waals surface area contributed by atoms with Gasteiger partial charge in [0.1, 0.15) is 5.54 Å². The zero-order valence-electron chi connectivity index (χ0n) is 10.2. The Balaban J connectivity index is 4.13. The van der Waals surface area contributed by atoms with Crippen LogP contribution in [0.25, 0.3) is 0 Å². The lowest BCUT2D eigenvalue weighted by Crippen LogP contribution is -2.54. The SMILES string of the molecule is CCOCCNC(=O)N(C)C(C)(C)C(=O)O.